The first kappa shape index (κ1) is 13.5. The molecule has 0 heterocycles. The second-order valence-corrected chi connectivity index (χ2v) is 5.55. The van der Waals surface area contributed by atoms with Crippen molar-refractivity contribution >= 4 is 5.97 Å². The van der Waals surface area contributed by atoms with Crippen LogP contribution in [0.2, 0.25) is 0 Å². The third kappa shape index (κ3) is 4.52. The van der Waals surface area contributed by atoms with Gasteiger partial charge in [0.05, 0.1) is 6.54 Å². The van der Waals surface area contributed by atoms with Crippen molar-refractivity contribution in [2.24, 2.45) is 11.8 Å². The predicted octanol–water partition coefficient (Wildman–Crippen LogP) is 2.61. The molecule has 1 aliphatic rings. The summed E-state index contributed by atoms with van der Waals surface area (Å²) in [4.78, 5) is 12.9. The molecule has 1 fully saturated rings. The summed E-state index contributed by atoms with van der Waals surface area (Å²) in [5.74, 6) is 0.806. The third-order valence-electron chi connectivity index (χ3n) is 3.61. The fourth-order valence-corrected chi connectivity index (χ4v) is 2.69. The van der Waals surface area contributed by atoms with Crippen molar-refractivity contribution in [1.82, 2.24) is 4.90 Å². The third-order valence-corrected chi connectivity index (χ3v) is 3.61. The van der Waals surface area contributed by atoms with Gasteiger partial charge in [-0.3, -0.25) is 9.69 Å². The largest absolute Gasteiger partial charge is 0.480 e. The van der Waals surface area contributed by atoms with Gasteiger partial charge >= 0.3 is 5.97 Å². The van der Waals surface area contributed by atoms with E-state index in [-0.39, 0.29) is 6.54 Å². The van der Waals surface area contributed by atoms with Crippen molar-refractivity contribution in [3.05, 3.63) is 0 Å². The average molecular weight is 227 g/mol. The van der Waals surface area contributed by atoms with Gasteiger partial charge in [-0.1, -0.05) is 19.8 Å². The van der Waals surface area contributed by atoms with Crippen LogP contribution in [0.5, 0.6) is 0 Å². The Bertz CT molecular complexity index is 228. The molecule has 1 saturated carbocycles. The van der Waals surface area contributed by atoms with Gasteiger partial charge < -0.3 is 5.11 Å². The van der Waals surface area contributed by atoms with Gasteiger partial charge in [0.15, 0.2) is 0 Å². The van der Waals surface area contributed by atoms with Crippen molar-refractivity contribution in [3.63, 3.8) is 0 Å². The van der Waals surface area contributed by atoms with Crippen LogP contribution in [0, 0.1) is 11.8 Å². The molecule has 0 bridgehead atoms. The highest BCUT2D eigenvalue weighted by Crippen LogP contribution is 2.29. The Kier molecular flexibility index (Phi) is 5.26. The summed E-state index contributed by atoms with van der Waals surface area (Å²) in [6.45, 7) is 7.60. The Hall–Kier alpha value is -0.570. The summed E-state index contributed by atoms with van der Waals surface area (Å²) >= 11 is 0. The molecule has 0 aliphatic heterocycles. The highest BCUT2D eigenvalue weighted by Gasteiger charge is 2.23. The van der Waals surface area contributed by atoms with Crippen LogP contribution in [0.25, 0.3) is 0 Å². The lowest BCUT2D eigenvalue weighted by Crippen LogP contribution is -2.40. The van der Waals surface area contributed by atoms with E-state index in [2.05, 4.69) is 25.7 Å². The molecule has 0 amide bonds. The second-order valence-electron chi connectivity index (χ2n) is 5.55. The average Bonchev–Trinajstić information content (AvgIpc) is 2.15. The van der Waals surface area contributed by atoms with Crippen LogP contribution in [0.4, 0.5) is 0 Å². The molecule has 0 spiro atoms. The molecule has 1 rings (SSSR count). The van der Waals surface area contributed by atoms with E-state index in [4.69, 9.17) is 5.11 Å². The summed E-state index contributed by atoms with van der Waals surface area (Å²) in [6.07, 6.45) is 5.19. The Labute approximate surface area is 98.8 Å². The van der Waals surface area contributed by atoms with Crippen LogP contribution in [0.15, 0.2) is 0 Å². The maximum Gasteiger partial charge on any atom is 0.317 e. The first-order chi connectivity index (χ1) is 7.49. The van der Waals surface area contributed by atoms with Gasteiger partial charge in [-0.2, -0.15) is 0 Å². The summed E-state index contributed by atoms with van der Waals surface area (Å²) in [6, 6.07) is 0.327. The summed E-state index contributed by atoms with van der Waals surface area (Å²) in [7, 11) is 0. The van der Waals surface area contributed by atoms with Gasteiger partial charge in [-0.05, 0) is 38.5 Å². The summed E-state index contributed by atoms with van der Waals surface area (Å²) in [5, 5.41) is 8.87. The van der Waals surface area contributed by atoms with Gasteiger partial charge in [0.1, 0.15) is 0 Å². The normalized spacial score (nSPS) is 26.3. The highest BCUT2D eigenvalue weighted by atomic mass is 16.4. The Morgan fingerprint density at radius 1 is 1.44 bits per heavy atom. The lowest BCUT2D eigenvalue weighted by molar-refractivity contribution is -0.139. The van der Waals surface area contributed by atoms with Crippen molar-refractivity contribution in [2.75, 3.05) is 13.1 Å². The number of carbonyl (C=O) groups is 1. The van der Waals surface area contributed by atoms with Crippen LogP contribution in [-0.2, 0) is 4.79 Å². The fraction of sp³-hybridized carbons (Fsp3) is 0.923. The van der Waals surface area contributed by atoms with Crippen LogP contribution < -0.4 is 0 Å². The number of carboxylic acid groups (broad SMARTS) is 1. The minimum absolute atomic E-state index is 0.183. The van der Waals surface area contributed by atoms with Crippen molar-refractivity contribution in [3.8, 4) is 0 Å². The maximum absolute atomic E-state index is 10.8. The molecule has 1 aliphatic carbocycles. The van der Waals surface area contributed by atoms with E-state index in [1.54, 1.807) is 0 Å². The van der Waals surface area contributed by atoms with Crippen molar-refractivity contribution < 1.29 is 9.90 Å². The van der Waals surface area contributed by atoms with E-state index in [0.29, 0.717) is 12.0 Å². The van der Waals surface area contributed by atoms with Gasteiger partial charge in [0.2, 0.25) is 0 Å². The van der Waals surface area contributed by atoms with E-state index >= 15 is 0 Å². The SMILES string of the molecule is CC1CCCC(CN(CC(=O)O)C(C)C)C1. The first-order valence-electron chi connectivity index (χ1n) is 6.45. The number of hydrogen-bond donors (Lipinski definition) is 1. The number of nitrogens with zero attached hydrogens (tertiary/aromatic N) is 1. The number of aliphatic carboxylic acids is 1. The zero-order valence-corrected chi connectivity index (χ0v) is 10.8. The first-order valence-corrected chi connectivity index (χ1v) is 6.45. The Morgan fingerprint density at radius 2 is 2.12 bits per heavy atom. The zero-order valence-electron chi connectivity index (χ0n) is 10.8. The van der Waals surface area contributed by atoms with Crippen LogP contribution in [0.3, 0.4) is 0 Å². The lowest BCUT2D eigenvalue weighted by atomic mass is 9.82. The second kappa shape index (κ2) is 6.24. The quantitative estimate of drug-likeness (QED) is 0.785. The molecule has 3 nitrogen and oxygen atoms in total. The molecular formula is C13H25NO2. The monoisotopic (exact) mass is 227 g/mol. The van der Waals surface area contributed by atoms with Gasteiger partial charge in [0.25, 0.3) is 0 Å². The van der Waals surface area contributed by atoms with E-state index in [1.807, 2.05) is 0 Å². The molecular weight excluding hydrogens is 202 g/mol. The summed E-state index contributed by atoms with van der Waals surface area (Å²) in [5.41, 5.74) is 0. The van der Waals surface area contributed by atoms with E-state index in [9.17, 15) is 4.79 Å². The lowest BCUT2D eigenvalue weighted by Gasteiger charge is -2.33. The molecule has 0 aromatic heterocycles. The molecule has 1 N–H and O–H groups in total. The number of carboxylic acids is 1. The standard InChI is InChI=1S/C13H25NO2/c1-10(2)14(9-13(15)16)8-12-6-4-5-11(3)7-12/h10-12H,4-9H2,1-3H3,(H,15,16). The molecule has 0 radical (unpaired) electrons. The topological polar surface area (TPSA) is 40.5 Å². The molecule has 2 atom stereocenters. The number of rotatable bonds is 5. The number of hydrogen-bond acceptors (Lipinski definition) is 2. The fourth-order valence-electron chi connectivity index (χ4n) is 2.69. The van der Waals surface area contributed by atoms with Gasteiger partial charge in [0, 0.05) is 12.6 Å². The van der Waals surface area contributed by atoms with Gasteiger partial charge in [-0.15, -0.1) is 0 Å². The van der Waals surface area contributed by atoms with Crippen molar-refractivity contribution in [2.45, 2.75) is 52.5 Å². The van der Waals surface area contributed by atoms with Gasteiger partial charge in [-0.25, -0.2) is 0 Å². The molecule has 3 heteroatoms. The van der Waals surface area contributed by atoms with E-state index in [0.717, 1.165) is 12.5 Å². The molecule has 16 heavy (non-hydrogen) atoms. The minimum Gasteiger partial charge on any atom is -0.480 e. The Morgan fingerprint density at radius 3 is 2.62 bits per heavy atom. The molecule has 0 saturated heterocycles. The van der Waals surface area contributed by atoms with Crippen LogP contribution in [-0.4, -0.2) is 35.1 Å². The van der Waals surface area contributed by atoms with E-state index < -0.39 is 5.97 Å². The molecule has 0 aromatic rings. The molecule has 0 aromatic carbocycles. The minimum atomic E-state index is -0.711. The van der Waals surface area contributed by atoms with Crippen LogP contribution >= 0.6 is 0 Å². The zero-order chi connectivity index (χ0) is 12.1. The summed E-state index contributed by atoms with van der Waals surface area (Å²) < 4.78 is 0. The molecule has 2 unspecified atom stereocenters. The van der Waals surface area contributed by atoms with E-state index in [1.165, 1.54) is 25.7 Å². The highest BCUT2D eigenvalue weighted by molar-refractivity contribution is 5.69. The van der Waals surface area contributed by atoms with Crippen LogP contribution in [0.1, 0.15) is 46.5 Å². The Balaban J connectivity index is 2.44. The maximum atomic E-state index is 10.8. The van der Waals surface area contributed by atoms with Crippen molar-refractivity contribution in [1.29, 1.82) is 0 Å². The molecule has 94 valence electrons. The predicted molar refractivity (Wildman–Crippen MR) is 65.5 cm³/mol. The smallest absolute Gasteiger partial charge is 0.317 e.